The number of likely N-dealkylation sites (tertiary alicyclic amines) is 1. The Morgan fingerprint density at radius 1 is 1.36 bits per heavy atom. The molecule has 22 heavy (non-hydrogen) atoms. The number of thiophene rings is 1. The Bertz CT molecular complexity index is 632. The predicted molar refractivity (Wildman–Crippen MR) is 90.1 cm³/mol. The first kappa shape index (κ1) is 15.3. The van der Waals surface area contributed by atoms with E-state index in [1.807, 2.05) is 13.1 Å². The molecule has 4 nitrogen and oxygen atoms in total. The van der Waals surface area contributed by atoms with Crippen LogP contribution in [0.2, 0.25) is 0 Å². The molecule has 1 atom stereocenters. The van der Waals surface area contributed by atoms with E-state index in [1.54, 1.807) is 18.4 Å². The number of nitrogens with zero attached hydrogens (tertiary/aromatic N) is 2. The molecule has 0 spiro atoms. The highest BCUT2D eigenvalue weighted by Crippen LogP contribution is 2.33. The molecular formula is C17H23N3OS. The van der Waals surface area contributed by atoms with Crippen molar-refractivity contribution in [3.63, 3.8) is 0 Å². The van der Waals surface area contributed by atoms with Crippen LogP contribution in [0.25, 0.3) is 0 Å². The van der Waals surface area contributed by atoms with Crippen LogP contribution in [0.5, 0.6) is 0 Å². The third-order valence-corrected chi connectivity index (χ3v) is 5.27. The summed E-state index contributed by atoms with van der Waals surface area (Å²) in [5, 5.41) is 7.08. The summed E-state index contributed by atoms with van der Waals surface area (Å²) >= 11 is 1.75. The van der Waals surface area contributed by atoms with Crippen molar-refractivity contribution >= 4 is 17.2 Å². The van der Waals surface area contributed by atoms with E-state index in [-0.39, 0.29) is 5.91 Å². The largest absolute Gasteiger partial charge is 0.354 e. The van der Waals surface area contributed by atoms with Crippen LogP contribution in [-0.4, -0.2) is 29.0 Å². The molecule has 0 aliphatic carbocycles. The molecule has 2 aromatic rings. The van der Waals surface area contributed by atoms with E-state index in [4.69, 9.17) is 0 Å². The van der Waals surface area contributed by atoms with Crippen molar-refractivity contribution < 1.29 is 4.79 Å². The molecule has 0 aromatic carbocycles. The molecule has 1 saturated heterocycles. The summed E-state index contributed by atoms with van der Waals surface area (Å²) in [4.78, 5) is 14.5. The highest BCUT2D eigenvalue weighted by atomic mass is 32.1. The Morgan fingerprint density at radius 3 is 2.95 bits per heavy atom. The molecule has 2 aromatic heterocycles. The molecule has 0 radical (unpaired) electrons. The summed E-state index contributed by atoms with van der Waals surface area (Å²) in [6, 6.07) is 6.65. The van der Waals surface area contributed by atoms with Crippen LogP contribution in [0, 0.1) is 0 Å². The second-order valence-corrected chi connectivity index (χ2v) is 6.68. The highest BCUT2D eigenvalue weighted by Gasteiger charge is 2.27. The Morgan fingerprint density at radius 2 is 2.23 bits per heavy atom. The number of nitrogens with one attached hydrogen (secondary N) is 1. The molecular weight excluding hydrogens is 294 g/mol. The van der Waals surface area contributed by atoms with Gasteiger partial charge < -0.3 is 9.88 Å². The number of aromatic nitrogens is 1. The number of carbonyl (C=O) groups excluding carboxylic acids is 1. The quantitative estimate of drug-likeness (QED) is 0.940. The third-order valence-electron chi connectivity index (χ3n) is 4.54. The van der Waals surface area contributed by atoms with Crippen molar-refractivity contribution in [2.45, 2.75) is 31.8 Å². The molecule has 1 N–H and O–H groups in total. The summed E-state index contributed by atoms with van der Waals surface area (Å²) in [5.74, 6) is -0.0195. The fourth-order valence-electron chi connectivity index (χ4n) is 3.35. The molecule has 1 fully saturated rings. The molecule has 0 saturated carbocycles. The van der Waals surface area contributed by atoms with Gasteiger partial charge in [-0.05, 0) is 53.9 Å². The summed E-state index contributed by atoms with van der Waals surface area (Å²) in [6.45, 7) is 2.12. The van der Waals surface area contributed by atoms with Crippen molar-refractivity contribution in [1.82, 2.24) is 14.8 Å². The van der Waals surface area contributed by atoms with E-state index < -0.39 is 0 Å². The molecule has 5 heteroatoms. The molecule has 3 rings (SSSR count). The summed E-state index contributed by atoms with van der Waals surface area (Å²) in [7, 11) is 3.68. The van der Waals surface area contributed by atoms with Gasteiger partial charge in [-0.2, -0.15) is 11.3 Å². The van der Waals surface area contributed by atoms with Crippen LogP contribution in [0.1, 0.15) is 47.1 Å². The summed E-state index contributed by atoms with van der Waals surface area (Å²) in [5.41, 5.74) is 3.37. The van der Waals surface area contributed by atoms with E-state index in [9.17, 15) is 4.79 Å². The second kappa shape index (κ2) is 6.67. The summed E-state index contributed by atoms with van der Waals surface area (Å²) in [6.07, 6.45) is 3.67. The maximum absolute atomic E-state index is 11.9. The number of amides is 1. The van der Waals surface area contributed by atoms with E-state index in [0.717, 1.165) is 25.2 Å². The van der Waals surface area contributed by atoms with Gasteiger partial charge in [0.05, 0.1) is 6.04 Å². The van der Waals surface area contributed by atoms with Gasteiger partial charge in [0.1, 0.15) is 5.69 Å². The average Bonchev–Trinajstić information content (AvgIpc) is 3.17. The van der Waals surface area contributed by atoms with Gasteiger partial charge in [-0.1, -0.05) is 6.42 Å². The number of carbonyl (C=O) groups is 1. The smallest absolute Gasteiger partial charge is 0.267 e. The van der Waals surface area contributed by atoms with Gasteiger partial charge in [0, 0.05) is 26.3 Å². The van der Waals surface area contributed by atoms with Crippen molar-refractivity contribution in [3.8, 4) is 0 Å². The van der Waals surface area contributed by atoms with Crippen LogP contribution >= 0.6 is 11.3 Å². The van der Waals surface area contributed by atoms with Gasteiger partial charge in [0.2, 0.25) is 0 Å². The maximum atomic E-state index is 11.9. The SMILES string of the molecule is CNC(=O)c1ccc([C@H]2CCCCN2Cc2ccsc2)n1C. The topological polar surface area (TPSA) is 37.3 Å². The fraction of sp³-hybridized carbons (Fsp3) is 0.471. The monoisotopic (exact) mass is 317 g/mol. The van der Waals surface area contributed by atoms with E-state index >= 15 is 0 Å². The normalized spacial score (nSPS) is 19.3. The molecule has 0 unspecified atom stereocenters. The minimum Gasteiger partial charge on any atom is -0.354 e. The van der Waals surface area contributed by atoms with Crippen molar-refractivity contribution in [2.75, 3.05) is 13.6 Å². The van der Waals surface area contributed by atoms with Gasteiger partial charge in [-0.15, -0.1) is 0 Å². The number of rotatable bonds is 4. The molecule has 0 bridgehead atoms. The van der Waals surface area contributed by atoms with E-state index in [2.05, 4.69) is 37.7 Å². The molecule has 3 heterocycles. The second-order valence-electron chi connectivity index (χ2n) is 5.90. The lowest BCUT2D eigenvalue weighted by molar-refractivity contribution is 0.0952. The Labute approximate surface area is 135 Å². The zero-order valence-electron chi connectivity index (χ0n) is 13.2. The van der Waals surface area contributed by atoms with Crippen LogP contribution < -0.4 is 5.32 Å². The van der Waals surface area contributed by atoms with Crippen LogP contribution in [0.4, 0.5) is 0 Å². The van der Waals surface area contributed by atoms with E-state index in [1.165, 1.54) is 24.1 Å². The Hall–Kier alpha value is -1.59. The standard InChI is InChI=1S/C17H23N3OS/c1-18-17(21)16-7-6-14(19(16)2)15-5-3-4-9-20(15)11-13-8-10-22-12-13/h6-8,10,12,15H,3-5,9,11H2,1-2H3,(H,18,21)/t15-/m1/s1. The maximum Gasteiger partial charge on any atom is 0.267 e. The van der Waals surface area contributed by atoms with Crippen LogP contribution in [-0.2, 0) is 13.6 Å². The Kier molecular flexibility index (Phi) is 4.64. The zero-order chi connectivity index (χ0) is 15.5. The predicted octanol–water partition coefficient (Wildman–Crippen LogP) is 3.17. The molecule has 118 valence electrons. The molecule has 1 aliphatic rings. The van der Waals surface area contributed by atoms with Gasteiger partial charge >= 0.3 is 0 Å². The van der Waals surface area contributed by atoms with Crippen molar-refractivity contribution in [3.05, 3.63) is 45.9 Å². The zero-order valence-corrected chi connectivity index (χ0v) is 14.0. The third kappa shape index (κ3) is 2.96. The van der Waals surface area contributed by atoms with Gasteiger partial charge in [-0.3, -0.25) is 9.69 Å². The lowest BCUT2D eigenvalue weighted by atomic mass is 9.99. The highest BCUT2D eigenvalue weighted by molar-refractivity contribution is 7.07. The lowest BCUT2D eigenvalue weighted by Crippen LogP contribution is -2.34. The van der Waals surface area contributed by atoms with Crippen molar-refractivity contribution in [2.24, 2.45) is 7.05 Å². The first-order valence-electron chi connectivity index (χ1n) is 7.83. The van der Waals surface area contributed by atoms with Gasteiger partial charge in [-0.25, -0.2) is 0 Å². The number of piperidine rings is 1. The summed E-state index contributed by atoms with van der Waals surface area (Å²) < 4.78 is 2.05. The minimum absolute atomic E-state index is 0.0195. The van der Waals surface area contributed by atoms with Crippen molar-refractivity contribution in [1.29, 1.82) is 0 Å². The van der Waals surface area contributed by atoms with E-state index in [0.29, 0.717) is 6.04 Å². The fourth-order valence-corrected chi connectivity index (χ4v) is 4.01. The number of hydrogen-bond acceptors (Lipinski definition) is 3. The first-order valence-corrected chi connectivity index (χ1v) is 8.78. The van der Waals surface area contributed by atoms with Crippen LogP contribution in [0.15, 0.2) is 29.0 Å². The first-order chi connectivity index (χ1) is 10.7. The molecule has 1 aliphatic heterocycles. The van der Waals surface area contributed by atoms with Crippen LogP contribution in [0.3, 0.4) is 0 Å². The molecule has 1 amide bonds. The minimum atomic E-state index is -0.0195. The van der Waals surface area contributed by atoms with Gasteiger partial charge in [0.15, 0.2) is 0 Å². The number of hydrogen-bond donors (Lipinski definition) is 1. The Balaban J connectivity index is 1.84. The average molecular weight is 317 g/mol. The van der Waals surface area contributed by atoms with Gasteiger partial charge in [0.25, 0.3) is 5.91 Å². The lowest BCUT2D eigenvalue weighted by Gasteiger charge is -2.36.